The second-order valence-electron chi connectivity index (χ2n) is 3.54. The van der Waals surface area contributed by atoms with Crippen LogP contribution >= 0.6 is 0 Å². The number of nitrogens with two attached hydrogens (primary N) is 1. The van der Waals surface area contributed by atoms with E-state index >= 15 is 0 Å². The summed E-state index contributed by atoms with van der Waals surface area (Å²) in [7, 11) is 0. The third-order valence-electron chi connectivity index (χ3n) is 2.43. The van der Waals surface area contributed by atoms with Crippen molar-refractivity contribution in [3.05, 3.63) is 35.1 Å². The Kier molecular flexibility index (Phi) is 2.15. The maximum atomic E-state index is 5.52. The normalized spacial score (nSPS) is 20.2. The summed E-state index contributed by atoms with van der Waals surface area (Å²) in [6.07, 6.45) is 8.22. The highest BCUT2D eigenvalue weighted by atomic mass is 14.7. The first-order valence-corrected chi connectivity index (χ1v) is 4.65. The molecular formula is C11H14N2. The minimum Gasteiger partial charge on any atom is -0.330 e. The molecule has 68 valence electrons. The molecule has 0 aromatic heterocycles. The van der Waals surface area contributed by atoms with Gasteiger partial charge in [0.1, 0.15) is 0 Å². The van der Waals surface area contributed by atoms with E-state index in [9.17, 15) is 0 Å². The number of hydrogen-bond donors (Lipinski definition) is 1. The van der Waals surface area contributed by atoms with Gasteiger partial charge in [-0.2, -0.15) is 0 Å². The Labute approximate surface area is 78.5 Å². The van der Waals surface area contributed by atoms with Gasteiger partial charge in [0.05, 0.1) is 5.71 Å². The highest BCUT2D eigenvalue weighted by Gasteiger charge is 2.18. The molecule has 0 aromatic rings. The van der Waals surface area contributed by atoms with Gasteiger partial charge in [0.25, 0.3) is 0 Å². The molecule has 0 bridgehead atoms. The van der Waals surface area contributed by atoms with Crippen LogP contribution in [0.5, 0.6) is 0 Å². The van der Waals surface area contributed by atoms with Crippen LogP contribution in [-0.4, -0.2) is 12.3 Å². The number of allylic oxidation sites excluding steroid dienone is 4. The number of nitrogens with zero attached hydrogens (tertiary/aromatic N) is 1. The zero-order chi connectivity index (χ0) is 9.26. The third kappa shape index (κ3) is 1.49. The average molecular weight is 174 g/mol. The fraction of sp³-hybridized carbons (Fsp3) is 0.364. The topological polar surface area (TPSA) is 38.4 Å². The van der Waals surface area contributed by atoms with Crippen molar-refractivity contribution < 1.29 is 0 Å². The Morgan fingerprint density at radius 3 is 3.08 bits per heavy atom. The van der Waals surface area contributed by atoms with E-state index in [-0.39, 0.29) is 0 Å². The molecule has 0 saturated carbocycles. The Morgan fingerprint density at radius 2 is 2.31 bits per heavy atom. The van der Waals surface area contributed by atoms with E-state index in [1.54, 1.807) is 0 Å². The lowest BCUT2D eigenvalue weighted by atomic mass is 9.92. The molecule has 0 saturated heterocycles. The van der Waals surface area contributed by atoms with E-state index in [0.717, 1.165) is 12.8 Å². The van der Waals surface area contributed by atoms with Crippen LogP contribution in [-0.2, 0) is 0 Å². The molecule has 2 nitrogen and oxygen atoms in total. The highest BCUT2D eigenvalue weighted by Crippen LogP contribution is 2.28. The summed E-state index contributed by atoms with van der Waals surface area (Å²) >= 11 is 0. The fourth-order valence-corrected chi connectivity index (χ4v) is 1.73. The molecule has 2 rings (SSSR count). The molecule has 0 atom stereocenters. The van der Waals surface area contributed by atoms with Crippen LogP contribution in [0.1, 0.15) is 19.8 Å². The molecule has 13 heavy (non-hydrogen) atoms. The van der Waals surface area contributed by atoms with Gasteiger partial charge in [0.2, 0.25) is 0 Å². The zero-order valence-corrected chi connectivity index (χ0v) is 7.88. The van der Waals surface area contributed by atoms with Crippen molar-refractivity contribution in [1.82, 2.24) is 0 Å². The molecule has 2 aliphatic rings. The van der Waals surface area contributed by atoms with Crippen LogP contribution < -0.4 is 5.73 Å². The molecule has 1 aliphatic carbocycles. The van der Waals surface area contributed by atoms with E-state index in [1.165, 1.54) is 22.4 Å². The van der Waals surface area contributed by atoms with Crippen molar-refractivity contribution in [2.24, 2.45) is 10.7 Å². The maximum Gasteiger partial charge on any atom is 0.0519 e. The predicted octanol–water partition coefficient (Wildman–Crippen LogP) is 1.95. The molecule has 1 aliphatic heterocycles. The van der Waals surface area contributed by atoms with Crippen molar-refractivity contribution >= 4 is 5.71 Å². The predicted molar refractivity (Wildman–Crippen MR) is 55.6 cm³/mol. The Bertz CT molecular complexity index is 343. The first kappa shape index (κ1) is 8.45. The van der Waals surface area contributed by atoms with Gasteiger partial charge in [-0.25, -0.2) is 0 Å². The van der Waals surface area contributed by atoms with Crippen molar-refractivity contribution in [3.8, 4) is 0 Å². The lowest BCUT2D eigenvalue weighted by Crippen LogP contribution is -2.08. The third-order valence-corrected chi connectivity index (χ3v) is 2.43. The molecular weight excluding hydrogens is 160 g/mol. The Balaban J connectivity index is 2.24. The van der Waals surface area contributed by atoms with Crippen LogP contribution in [0.15, 0.2) is 40.1 Å². The minimum absolute atomic E-state index is 0.703. The van der Waals surface area contributed by atoms with E-state index < -0.39 is 0 Å². The van der Waals surface area contributed by atoms with Crippen LogP contribution in [0.3, 0.4) is 0 Å². The quantitative estimate of drug-likeness (QED) is 0.682. The first-order valence-electron chi connectivity index (χ1n) is 4.65. The van der Waals surface area contributed by atoms with Crippen LogP contribution in [0.2, 0.25) is 0 Å². The summed E-state index contributed by atoms with van der Waals surface area (Å²) in [6, 6.07) is 0. The lowest BCUT2D eigenvalue weighted by molar-refractivity contribution is 0.966. The number of hydrogen-bond acceptors (Lipinski definition) is 2. The van der Waals surface area contributed by atoms with Gasteiger partial charge in [-0.15, -0.1) is 0 Å². The lowest BCUT2D eigenvalue weighted by Gasteiger charge is -2.11. The van der Waals surface area contributed by atoms with E-state index in [4.69, 9.17) is 5.73 Å². The van der Waals surface area contributed by atoms with Crippen LogP contribution in [0.25, 0.3) is 0 Å². The van der Waals surface area contributed by atoms with Crippen molar-refractivity contribution in [3.63, 3.8) is 0 Å². The second kappa shape index (κ2) is 3.30. The molecule has 0 radical (unpaired) electrons. The van der Waals surface area contributed by atoms with Gasteiger partial charge < -0.3 is 5.73 Å². The van der Waals surface area contributed by atoms with E-state index in [0.29, 0.717) is 6.54 Å². The van der Waals surface area contributed by atoms with Gasteiger partial charge in [-0.05, 0) is 25.5 Å². The maximum absolute atomic E-state index is 5.52. The largest absolute Gasteiger partial charge is 0.330 e. The van der Waals surface area contributed by atoms with Gasteiger partial charge in [0, 0.05) is 18.2 Å². The molecule has 2 heteroatoms. The number of aliphatic imine (C=N–C) groups is 1. The number of rotatable bonds is 2. The Hall–Kier alpha value is -1.15. The average Bonchev–Trinajstić information content (AvgIpc) is 2.49. The van der Waals surface area contributed by atoms with E-state index in [1.807, 2.05) is 6.20 Å². The molecule has 0 amide bonds. The second-order valence-corrected chi connectivity index (χ2v) is 3.54. The summed E-state index contributed by atoms with van der Waals surface area (Å²) in [6.45, 7) is 2.84. The summed E-state index contributed by atoms with van der Waals surface area (Å²) in [5, 5.41) is 0. The summed E-state index contributed by atoms with van der Waals surface area (Å²) in [5.41, 5.74) is 10.7. The minimum atomic E-state index is 0.703. The molecule has 0 aromatic carbocycles. The highest BCUT2D eigenvalue weighted by molar-refractivity contribution is 6.08. The SMILES string of the molecule is CC1=CC=C2C(CCN)=CN=C2C1. The van der Waals surface area contributed by atoms with Crippen LogP contribution in [0.4, 0.5) is 0 Å². The molecule has 2 N–H and O–H groups in total. The fourth-order valence-electron chi connectivity index (χ4n) is 1.73. The number of fused-ring (bicyclic) bond motifs is 1. The van der Waals surface area contributed by atoms with Gasteiger partial charge in [-0.3, -0.25) is 4.99 Å². The first-order chi connectivity index (χ1) is 6.31. The summed E-state index contributed by atoms with van der Waals surface area (Å²) in [5.74, 6) is 0. The molecule has 0 unspecified atom stereocenters. The monoisotopic (exact) mass is 174 g/mol. The summed E-state index contributed by atoms with van der Waals surface area (Å²) in [4.78, 5) is 4.40. The molecule has 0 fully saturated rings. The van der Waals surface area contributed by atoms with Gasteiger partial charge in [-0.1, -0.05) is 17.7 Å². The standard InChI is InChI=1S/C11H14N2/c1-8-2-3-10-9(4-5-12)7-13-11(10)6-8/h2-3,7H,4-6,12H2,1H3. The van der Waals surface area contributed by atoms with Gasteiger partial charge >= 0.3 is 0 Å². The van der Waals surface area contributed by atoms with Crippen LogP contribution in [0, 0.1) is 0 Å². The van der Waals surface area contributed by atoms with Gasteiger partial charge in [0.15, 0.2) is 0 Å². The van der Waals surface area contributed by atoms with Crippen molar-refractivity contribution in [2.45, 2.75) is 19.8 Å². The zero-order valence-electron chi connectivity index (χ0n) is 7.88. The van der Waals surface area contributed by atoms with Crippen molar-refractivity contribution in [2.75, 3.05) is 6.54 Å². The molecule has 0 spiro atoms. The summed E-state index contributed by atoms with van der Waals surface area (Å²) < 4.78 is 0. The molecule has 1 heterocycles. The van der Waals surface area contributed by atoms with Crippen molar-refractivity contribution in [1.29, 1.82) is 0 Å². The Morgan fingerprint density at radius 1 is 1.46 bits per heavy atom. The smallest absolute Gasteiger partial charge is 0.0519 e. The van der Waals surface area contributed by atoms with E-state index in [2.05, 4.69) is 24.1 Å².